The van der Waals surface area contributed by atoms with Crippen LogP contribution >= 0.6 is 11.3 Å². The number of aromatic nitrogens is 4. The van der Waals surface area contributed by atoms with Crippen LogP contribution in [0, 0.1) is 0 Å². The molecular weight excluding hydrogens is 298 g/mol. The molecule has 0 amide bonds. The van der Waals surface area contributed by atoms with E-state index in [2.05, 4.69) is 50.0 Å². The monoisotopic (exact) mass is 321 g/mol. The summed E-state index contributed by atoms with van der Waals surface area (Å²) >= 11 is 1.67. The van der Waals surface area contributed by atoms with E-state index in [-0.39, 0.29) is 0 Å². The third-order valence-corrected chi connectivity index (χ3v) is 3.96. The molecule has 0 saturated heterocycles. The summed E-state index contributed by atoms with van der Waals surface area (Å²) in [5.41, 5.74) is 1.14. The second-order valence-electron chi connectivity index (χ2n) is 5.23. The number of hydrogen-bond acceptors (Lipinski definition) is 5. The molecule has 2 N–H and O–H groups in total. The van der Waals surface area contributed by atoms with E-state index in [1.807, 2.05) is 18.5 Å². The first kappa shape index (κ1) is 16.4. The van der Waals surface area contributed by atoms with Gasteiger partial charge in [-0.1, -0.05) is 13.8 Å². The van der Waals surface area contributed by atoms with E-state index in [0.29, 0.717) is 19.0 Å². The van der Waals surface area contributed by atoms with E-state index >= 15 is 0 Å². The number of aliphatic imine (C=N–C) groups is 1. The van der Waals surface area contributed by atoms with Crippen LogP contribution in [0.3, 0.4) is 0 Å². The maximum absolute atomic E-state index is 4.61. The van der Waals surface area contributed by atoms with Crippen molar-refractivity contribution in [3.8, 4) is 0 Å². The molecule has 0 aliphatic rings. The van der Waals surface area contributed by atoms with Gasteiger partial charge in [-0.05, 0) is 12.8 Å². The van der Waals surface area contributed by atoms with E-state index < -0.39 is 0 Å². The van der Waals surface area contributed by atoms with Crippen LogP contribution in [0.25, 0.3) is 0 Å². The molecule has 22 heavy (non-hydrogen) atoms. The van der Waals surface area contributed by atoms with Crippen molar-refractivity contribution in [1.82, 2.24) is 30.4 Å². The molecule has 0 atom stereocenters. The molecule has 0 fully saturated rings. The highest BCUT2D eigenvalue weighted by Gasteiger charge is 2.07. The van der Waals surface area contributed by atoms with Crippen LogP contribution in [-0.2, 0) is 20.1 Å². The van der Waals surface area contributed by atoms with E-state index in [9.17, 15) is 0 Å². The van der Waals surface area contributed by atoms with Crippen LogP contribution in [0.15, 0.2) is 16.7 Å². The molecule has 0 bridgehead atoms. The third-order valence-electron chi connectivity index (χ3n) is 3.10. The van der Waals surface area contributed by atoms with Gasteiger partial charge < -0.3 is 15.2 Å². The summed E-state index contributed by atoms with van der Waals surface area (Å²) in [6.07, 6.45) is 1.67. The highest BCUT2D eigenvalue weighted by Crippen LogP contribution is 2.17. The lowest BCUT2D eigenvalue weighted by molar-refractivity contribution is 0.761. The Bertz CT molecular complexity index is 614. The Hall–Kier alpha value is -1.96. The number of aryl methyl sites for hydroxylation is 1. The highest BCUT2D eigenvalue weighted by molar-refractivity contribution is 7.09. The molecule has 0 aliphatic carbocycles. The summed E-state index contributed by atoms with van der Waals surface area (Å²) in [6, 6.07) is 0. The number of rotatable bonds is 6. The van der Waals surface area contributed by atoms with E-state index in [1.54, 1.807) is 17.7 Å². The summed E-state index contributed by atoms with van der Waals surface area (Å²) in [4.78, 5) is 9.13. The first-order chi connectivity index (χ1) is 10.6. The summed E-state index contributed by atoms with van der Waals surface area (Å²) in [7, 11) is 1.91. The number of nitrogens with zero attached hydrogens (tertiary/aromatic N) is 5. The molecule has 8 heteroatoms. The fraction of sp³-hybridized carbons (Fsp3) is 0.571. The Morgan fingerprint density at radius 3 is 2.82 bits per heavy atom. The molecule has 2 heterocycles. The molecule has 0 aromatic carbocycles. The first-order valence-corrected chi connectivity index (χ1v) is 8.27. The first-order valence-electron chi connectivity index (χ1n) is 7.39. The maximum Gasteiger partial charge on any atom is 0.192 e. The summed E-state index contributed by atoms with van der Waals surface area (Å²) in [6.45, 7) is 8.31. The van der Waals surface area contributed by atoms with Gasteiger partial charge in [0.1, 0.15) is 17.9 Å². The van der Waals surface area contributed by atoms with Crippen molar-refractivity contribution < 1.29 is 0 Å². The molecule has 0 radical (unpaired) electrons. The van der Waals surface area contributed by atoms with Crippen LogP contribution in [0.4, 0.5) is 0 Å². The van der Waals surface area contributed by atoms with Gasteiger partial charge in [0, 0.05) is 19.0 Å². The Morgan fingerprint density at radius 1 is 1.41 bits per heavy atom. The second kappa shape index (κ2) is 7.88. The molecule has 0 saturated carbocycles. The highest BCUT2D eigenvalue weighted by atomic mass is 32.1. The van der Waals surface area contributed by atoms with Gasteiger partial charge in [-0.2, -0.15) is 0 Å². The van der Waals surface area contributed by atoms with Gasteiger partial charge in [-0.3, -0.25) is 0 Å². The average Bonchev–Trinajstić information content (AvgIpc) is 3.11. The van der Waals surface area contributed by atoms with Crippen molar-refractivity contribution in [2.24, 2.45) is 12.0 Å². The summed E-state index contributed by atoms with van der Waals surface area (Å²) in [5, 5.41) is 17.6. The number of hydrogen-bond donors (Lipinski definition) is 2. The molecule has 0 aliphatic heterocycles. The molecule has 2 aromatic heterocycles. The lowest BCUT2D eigenvalue weighted by Gasteiger charge is -2.09. The minimum Gasteiger partial charge on any atom is -0.357 e. The SMILES string of the molecule is CCNC(=NCc1nncn1C)NCc1nc(C(C)C)cs1. The van der Waals surface area contributed by atoms with Crippen LogP contribution in [0.1, 0.15) is 43.2 Å². The molecular formula is C14H23N7S. The Kier molecular flexibility index (Phi) is 5.88. The predicted octanol–water partition coefficient (Wildman–Crippen LogP) is 1.65. The average molecular weight is 321 g/mol. The predicted molar refractivity (Wildman–Crippen MR) is 88.9 cm³/mol. The van der Waals surface area contributed by atoms with Gasteiger partial charge in [0.2, 0.25) is 0 Å². The van der Waals surface area contributed by atoms with Crippen LogP contribution in [0.2, 0.25) is 0 Å². The normalized spacial score (nSPS) is 12.0. The zero-order valence-corrected chi connectivity index (χ0v) is 14.3. The van der Waals surface area contributed by atoms with Crippen LogP contribution in [-0.4, -0.2) is 32.3 Å². The Morgan fingerprint density at radius 2 is 2.23 bits per heavy atom. The minimum atomic E-state index is 0.461. The maximum atomic E-state index is 4.61. The fourth-order valence-corrected chi connectivity index (χ4v) is 2.67. The van der Waals surface area contributed by atoms with Gasteiger partial charge in [0.05, 0.1) is 12.2 Å². The van der Waals surface area contributed by atoms with Crippen LogP contribution in [0.5, 0.6) is 0 Å². The van der Waals surface area contributed by atoms with Gasteiger partial charge in [0.15, 0.2) is 11.8 Å². The fourth-order valence-electron chi connectivity index (χ4n) is 1.77. The van der Waals surface area contributed by atoms with Crippen molar-refractivity contribution in [1.29, 1.82) is 0 Å². The van der Waals surface area contributed by atoms with Gasteiger partial charge in [0.25, 0.3) is 0 Å². The van der Waals surface area contributed by atoms with E-state index in [4.69, 9.17) is 0 Å². The van der Waals surface area contributed by atoms with Crippen molar-refractivity contribution >= 4 is 17.3 Å². The van der Waals surface area contributed by atoms with Crippen molar-refractivity contribution in [3.63, 3.8) is 0 Å². The van der Waals surface area contributed by atoms with Crippen molar-refractivity contribution in [2.45, 2.75) is 39.8 Å². The smallest absolute Gasteiger partial charge is 0.192 e. The van der Waals surface area contributed by atoms with Crippen LogP contribution < -0.4 is 10.6 Å². The third kappa shape index (κ3) is 4.52. The zero-order valence-electron chi connectivity index (χ0n) is 13.5. The Labute approximate surface area is 134 Å². The zero-order chi connectivity index (χ0) is 15.9. The molecule has 0 spiro atoms. The van der Waals surface area contributed by atoms with Crippen molar-refractivity contribution in [2.75, 3.05) is 6.54 Å². The standard InChI is InChI=1S/C14H23N7S/c1-5-15-14(16-6-12-20-18-9-21(12)4)17-7-13-19-11(8-22-13)10(2)3/h8-10H,5-7H2,1-4H3,(H2,15,16,17). The molecule has 7 nitrogen and oxygen atoms in total. The van der Waals surface area contributed by atoms with Gasteiger partial charge in [-0.25, -0.2) is 9.98 Å². The van der Waals surface area contributed by atoms with Gasteiger partial charge in [-0.15, -0.1) is 21.5 Å². The topological polar surface area (TPSA) is 80.0 Å². The second-order valence-corrected chi connectivity index (χ2v) is 6.17. The lowest BCUT2D eigenvalue weighted by Crippen LogP contribution is -2.36. The van der Waals surface area contributed by atoms with Gasteiger partial charge >= 0.3 is 0 Å². The quantitative estimate of drug-likeness (QED) is 0.625. The molecule has 120 valence electrons. The molecule has 2 rings (SSSR count). The number of thiazole rings is 1. The number of guanidine groups is 1. The summed E-state index contributed by atoms with van der Waals surface area (Å²) in [5.74, 6) is 2.04. The minimum absolute atomic E-state index is 0.461. The largest absolute Gasteiger partial charge is 0.357 e. The molecule has 0 unspecified atom stereocenters. The van der Waals surface area contributed by atoms with E-state index in [1.165, 1.54) is 0 Å². The molecule has 2 aromatic rings. The van der Waals surface area contributed by atoms with E-state index in [0.717, 1.165) is 29.0 Å². The number of nitrogens with one attached hydrogen (secondary N) is 2. The Balaban J connectivity index is 1.94. The summed E-state index contributed by atoms with van der Waals surface area (Å²) < 4.78 is 1.86. The van der Waals surface area contributed by atoms with Crippen molar-refractivity contribution in [3.05, 3.63) is 28.2 Å². The lowest BCUT2D eigenvalue weighted by atomic mass is 10.2.